The summed E-state index contributed by atoms with van der Waals surface area (Å²) in [5, 5.41) is 2.82. The Morgan fingerprint density at radius 3 is 2.30 bits per heavy atom. The first kappa shape index (κ1) is 14.7. The van der Waals surface area contributed by atoms with Gasteiger partial charge in [0.1, 0.15) is 5.69 Å². The number of aromatic nitrogens is 2. The first-order valence-electron chi connectivity index (χ1n) is 7.22. The summed E-state index contributed by atoms with van der Waals surface area (Å²) in [4.78, 5) is 22.7. The Labute approximate surface area is 134 Å². The number of amides is 1. The van der Waals surface area contributed by atoms with Gasteiger partial charge in [0.2, 0.25) is 5.95 Å². The minimum absolute atomic E-state index is 0.263. The molecule has 0 atom stereocenters. The van der Waals surface area contributed by atoms with Gasteiger partial charge in [0, 0.05) is 24.6 Å². The molecule has 0 aliphatic carbocycles. The number of nitrogens with zero attached hydrogens (tertiary/aromatic N) is 3. The highest BCUT2D eigenvalue weighted by atomic mass is 16.1. The van der Waals surface area contributed by atoms with Crippen molar-refractivity contribution in [2.24, 2.45) is 0 Å². The maximum absolute atomic E-state index is 12.3. The zero-order valence-corrected chi connectivity index (χ0v) is 12.7. The van der Waals surface area contributed by atoms with Gasteiger partial charge in [-0.05, 0) is 30.3 Å². The molecule has 1 amide bonds. The molecule has 1 N–H and O–H groups in total. The molecule has 0 spiro atoms. The zero-order valence-electron chi connectivity index (χ0n) is 12.7. The van der Waals surface area contributed by atoms with Crippen LogP contribution in [0.3, 0.4) is 0 Å². The molecule has 1 heterocycles. The third-order valence-corrected chi connectivity index (χ3v) is 3.35. The Hall–Kier alpha value is -3.21. The number of carbonyl (C=O) groups is 1. The van der Waals surface area contributed by atoms with Crippen LogP contribution in [-0.2, 0) is 0 Å². The smallest absolute Gasteiger partial charge is 0.274 e. The Morgan fingerprint density at radius 1 is 0.957 bits per heavy atom. The van der Waals surface area contributed by atoms with Gasteiger partial charge in [-0.25, -0.2) is 9.97 Å². The van der Waals surface area contributed by atoms with Crippen molar-refractivity contribution in [3.05, 3.63) is 78.6 Å². The van der Waals surface area contributed by atoms with Gasteiger partial charge in [-0.15, -0.1) is 0 Å². The van der Waals surface area contributed by atoms with Crippen molar-refractivity contribution in [2.75, 3.05) is 17.3 Å². The third-order valence-electron chi connectivity index (χ3n) is 3.35. The fraction of sp³-hybridized carbons (Fsp3) is 0.0556. The van der Waals surface area contributed by atoms with Gasteiger partial charge in [-0.2, -0.15) is 0 Å². The highest BCUT2D eigenvalue weighted by Crippen LogP contribution is 2.19. The molecule has 3 rings (SSSR count). The second kappa shape index (κ2) is 6.70. The van der Waals surface area contributed by atoms with Gasteiger partial charge in [-0.1, -0.05) is 36.4 Å². The fourth-order valence-electron chi connectivity index (χ4n) is 2.12. The first-order chi connectivity index (χ1) is 11.2. The average molecular weight is 304 g/mol. The summed E-state index contributed by atoms with van der Waals surface area (Å²) in [6.07, 6.45) is 1.58. The number of benzene rings is 2. The van der Waals surface area contributed by atoms with E-state index in [2.05, 4.69) is 15.3 Å². The number of para-hydroxylation sites is 2. The van der Waals surface area contributed by atoms with E-state index < -0.39 is 0 Å². The lowest BCUT2D eigenvalue weighted by Crippen LogP contribution is -2.18. The molecule has 1 aromatic heterocycles. The van der Waals surface area contributed by atoms with E-state index in [1.165, 1.54) is 0 Å². The maximum atomic E-state index is 12.3. The van der Waals surface area contributed by atoms with Crippen LogP contribution >= 0.6 is 0 Å². The molecule has 114 valence electrons. The van der Waals surface area contributed by atoms with Crippen LogP contribution in [-0.4, -0.2) is 22.9 Å². The predicted octanol–water partition coefficient (Wildman–Crippen LogP) is 3.50. The molecule has 0 radical (unpaired) electrons. The van der Waals surface area contributed by atoms with E-state index in [4.69, 9.17) is 0 Å². The number of carbonyl (C=O) groups excluding carboxylic acids is 1. The summed E-state index contributed by atoms with van der Waals surface area (Å²) in [6, 6.07) is 20.6. The Kier molecular flexibility index (Phi) is 4.29. The number of hydrogen-bond donors (Lipinski definition) is 1. The minimum Gasteiger partial charge on any atom is -0.321 e. The second-order valence-corrected chi connectivity index (χ2v) is 4.96. The molecule has 2 aromatic carbocycles. The molecule has 0 aliphatic heterocycles. The average Bonchev–Trinajstić information content (AvgIpc) is 2.63. The quantitative estimate of drug-likeness (QED) is 0.801. The van der Waals surface area contributed by atoms with E-state index >= 15 is 0 Å². The Bertz CT molecular complexity index is 790. The van der Waals surface area contributed by atoms with Gasteiger partial charge in [-0.3, -0.25) is 4.79 Å². The fourth-order valence-corrected chi connectivity index (χ4v) is 2.12. The molecule has 0 aliphatic rings. The van der Waals surface area contributed by atoms with Crippen molar-refractivity contribution in [1.29, 1.82) is 0 Å². The summed E-state index contributed by atoms with van der Waals surface area (Å²) in [6.45, 7) is 0. The second-order valence-electron chi connectivity index (χ2n) is 4.96. The minimum atomic E-state index is -0.263. The number of rotatable bonds is 4. The normalized spacial score (nSPS) is 10.1. The highest BCUT2D eigenvalue weighted by Gasteiger charge is 2.12. The van der Waals surface area contributed by atoms with Crippen molar-refractivity contribution in [1.82, 2.24) is 9.97 Å². The predicted molar refractivity (Wildman–Crippen MR) is 90.9 cm³/mol. The van der Waals surface area contributed by atoms with E-state index in [9.17, 15) is 4.79 Å². The first-order valence-corrected chi connectivity index (χ1v) is 7.22. The summed E-state index contributed by atoms with van der Waals surface area (Å²) < 4.78 is 0. The Balaban J connectivity index is 1.81. The standard InChI is InChI=1S/C18H16N4O/c1-22(15-10-6-3-7-11-15)18-19-13-12-16(21-18)17(23)20-14-8-4-2-5-9-14/h2-13H,1H3,(H,20,23). The van der Waals surface area contributed by atoms with Crippen molar-refractivity contribution in [3.8, 4) is 0 Å². The van der Waals surface area contributed by atoms with E-state index in [0.29, 0.717) is 11.6 Å². The molecule has 0 unspecified atom stereocenters. The molecule has 5 nitrogen and oxygen atoms in total. The van der Waals surface area contributed by atoms with Crippen molar-refractivity contribution in [3.63, 3.8) is 0 Å². The van der Waals surface area contributed by atoms with Crippen LogP contribution in [0.4, 0.5) is 17.3 Å². The van der Waals surface area contributed by atoms with Crippen LogP contribution < -0.4 is 10.2 Å². The zero-order chi connectivity index (χ0) is 16.1. The summed E-state index contributed by atoms with van der Waals surface area (Å²) in [7, 11) is 1.86. The van der Waals surface area contributed by atoms with Gasteiger partial charge in [0.25, 0.3) is 5.91 Å². The summed E-state index contributed by atoms with van der Waals surface area (Å²) >= 11 is 0. The van der Waals surface area contributed by atoms with Crippen molar-refractivity contribution in [2.45, 2.75) is 0 Å². The largest absolute Gasteiger partial charge is 0.321 e. The molecule has 0 fully saturated rings. The third kappa shape index (κ3) is 3.52. The lowest BCUT2D eigenvalue weighted by Gasteiger charge is -2.17. The van der Waals surface area contributed by atoms with Crippen LogP contribution in [0.15, 0.2) is 72.9 Å². The van der Waals surface area contributed by atoms with Crippen LogP contribution in [0, 0.1) is 0 Å². The molecule has 5 heteroatoms. The topological polar surface area (TPSA) is 58.1 Å². The number of hydrogen-bond acceptors (Lipinski definition) is 4. The van der Waals surface area contributed by atoms with E-state index in [0.717, 1.165) is 11.4 Å². The number of nitrogens with one attached hydrogen (secondary N) is 1. The summed E-state index contributed by atoms with van der Waals surface area (Å²) in [5.74, 6) is 0.207. The number of anilines is 3. The SMILES string of the molecule is CN(c1ccccc1)c1nccc(C(=O)Nc2ccccc2)n1. The molecule has 0 saturated carbocycles. The lowest BCUT2D eigenvalue weighted by atomic mass is 10.3. The summed E-state index contributed by atoms with van der Waals surface area (Å²) in [5.41, 5.74) is 2.00. The van der Waals surface area contributed by atoms with Crippen LogP contribution in [0.2, 0.25) is 0 Å². The maximum Gasteiger partial charge on any atom is 0.274 e. The molecular formula is C18H16N4O. The van der Waals surface area contributed by atoms with Gasteiger partial charge < -0.3 is 10.2 Å². The van der Waals surface area contributed by atoms with E-state index in [-0.39, 0.29) is 5.91 Å². The molecule has 23 heavy (non-hydrogen) atoms. The monoisotopic (exact) mass is 304 g/mol. The molecular weight excluding hydrogens is 288 g/mol. The van der Waals surface area contributed by atoms with Gasteiger partial charge >= 0.3 is 0 Å². The molecule has 0 saturated heterocycles. The van der Waals surface area contributed by atoms with Crippen molar-refractivity contribution >= 4 is 23.2 Å². The molecule has 0 bridgehead atoms. The van der Waals surface area contributed by atoms with Gasteiger partial charge in [0.05, 0.1) is 0 Å². The highest BCUT2D eigenvalue weighted by molar-refractivity contribution is 6.02. The van der Waals surface area contributed by atoms with E-state index in [1.807, 2.05) is 72.6 Å². The van der Waals surface area contributed by atoms with Crippen LogP contribution in [0.1, 0.15) is 10.5 Å². The van der Waals surface area contributed by atoms with Crippen LogP contribution in [0.5, 0.6) is 0 Å². The van der Waals surface area contributed by atoms with E-state index in [1.54, 1.807) is 12.3 Å². The van der Waals surface area contributed by atoms with Crippen LogP contribution in [0.25, 0.3) is 0 Å². The van der Waals surface area contributed by atoms with Crippen molar-refractivity contribution < 1.29 is 4.79 Å². The Morgan fingerprint density at radius 2 is 1.61 bits per heavy atom. The van der Waals surface area contributed by atoms with Gasteiger partial charge in [0.15, 0.2) is 0 Å². The lowest BCUT2D eigenvalue weighted by molar-refractivity contribution is 0.102. The molecule has 3 aromatic rings.